The molecule has 0 saturated carbocycles. The number of benzene rings is 1. The highest BCUT2D eigenvalue weighted by atomic mass is 16.5. The maximum absolute atomic E-state index is 12.6. The fourth-order valence-electron chi connectivity index (χ4n) is 3.66. The van der Waals surface area contributed by atoms with Crippen molar-refractivity contribution in [3.05, 3.63) is 60.6 Å². The number of nitrogens with zero attached hydrogens (tertiary/aromatic N) is 3. The summed E-state index contributed by atoms with van der Waals surface area (Å²) in [5.41, 5.74) is 3.46. The summed E-state index contributed by atoms with van der Waals surface area (Å²) in [6.07, 6.45) is 4.39. The van der Waals surface area contributed by atoms with Crippen molar-refractivity contribution in [1.82, 2.24) is 9.38 Å². The first-order chi connectivity index (χ1) is 13.1. The molecule has 1 aliphatic rings. The minimum absolute atomic E-state index is 0.0692. The van der Waals surface area contributed by atoms with Gasteiger partial charge in [0.05, 0.1) is 35.7 Å². The number of ether oxygens (including phenoxy) is 1. The van der Waals surface area contributed by atoms with E-state index in [0.717, 1.165) is 35.8 Å². The van der Waals surface area contributed by atoms with Crippen LogP contribution in [0.2, 0.25) is 0 Å². The lowest BCUT2D eigenvalue weighted by Crippen LogP contribution is -2.45. The number of fused-ring (bicyclic) bond motifs is 1. The molecule has 1 amide bonds. The van der Waals surface area contributed by atoms with E-state index in [1.807, 2.05) is 59.3 Å². The van der Waals surface area contributed by atoms with Crippen LogP contribution in [0.1, 0.15) is 19.5 Å². The number of aromatic nitrogens is 2. The van der Waals surface area contributed by atoms with E-state index < -0.39 is 0 Å². The monoisotopic (exact) mass is 364 g/mol. The van der Waals surface area contributed by atoms with Gasteiger partial charge in [0.25, 0.3) is 0 Å². The maximum Gasteiger partial charge on any atom is 0.230 e. The van der Waals surface area contributed by atoms with Gasteiger partial charge in [-0.2, -0.15) is 0 Å². The Morgan fingerprint density at radius 3 is 2.67 bits per heavy atom. The molecular weight excluding hydrogens is 340 g/mol. The molecule has 1 fully saturated rings. The number of imidazole rings is 1. The zero-order chi connectivity index (χ0) is 18.8. The Labute approximate surface area is 158 Å². The van der Waals surface area contributed by atoms with Crippen molar-refractivity contribution < 1.29 is 9.53 Å². The summed E-state index contributed by atoms with van der Waals surface area (Å²) >= 11 is 0. The summed E-state index contributed by atoms with van der Waals surface area (Å²) in [6, 6.07) is 13.7. The molecular formula is C21H24N4O2. The molecule has 3 heterocycles. The lowest BCUT2D eigenvalue weighted by atomic mass is 10.1. The standard InChI is InChI=1S/C21H24N4O2/c1-15-12-25(13-16(2)27-15)19-8-4-3-7-18(19)23-21(26)11-17-14-24-10-6-5-9-20(24)22-17/h3-10,14-16H,11-13H2,1-2H3,(H,23,26)/t15-,16-/m1/s1. The Hall–Kier alpha value is -2.86. The average Bonchev–Trinajstić information content (AvgIpc) is 3.03. The lowest BCUT2D eigenvalue weighted by molar-refractivity contribution is -0.115. The molecule has 1 aliphatic heterocycles. The second-order valence-electron chi connectivity index (χ2n) is 7.10. The van der Waals surface area contributed by atoms with Crippen LogP contribution in [0, 0.1) is 0 Å². The molecule has 1 aromatic carbocycles. The van der Waals surface area contributed by atoms with Crippen molar-refractivity contribution in [3.8, 4) is 0 Å². The van der Waals surface area contributed by atoms with Gasteiger partial charge < -0.3 is 19.4 Å². The Bertz CT molecular complexity index is 909. The maximum atomic E-state index is 12.6. The van der Waals surface area contributed by atoms with Gasteiger partial charge in [0.1, 0.15) is 5.65 Å². The van der Waals surface area contributed by atoms with E-state index in [-0.39, 0.29) is 24.5 Å². The van der Waals surface area contributed by atoms with E-state index in [4.69, 9.17) is 4.74 Å². The van der Waals surface area contributed by atoms with Gasteiger partial charge in [0.2, 0.25) is 5.91 Å². The largest absolute Gasteiger partial charge is 0.372 e. The zero-order valence-electron chi connectivity index (χ0n) is 15.6. The summed E-state index contributed by atoms with van der Waals surface area (Å²) < 4.78 is 7.75. The number of hydrogen-bond donors (Lipinski definition) is 1. The Morgan fingerprint density at radius 1 is 1.15 bits per heavy atom. The van der Waals surface area contributed by atoms with Crippen LogP contribution in [0.25, 0.3) is 5.65 Å². The number of hydrogen-bond acceptors (Lipinski definition) is 4. The number of carbonyl (C=O) groups excluding carboxylic acids is 1. The summed E-state index contributed by atoms with van der Waals surface area (Å²) in [6.45, 7) is 5.77. The van der Waals surface area contributed by atoms with Crippen LogP contribution in [-0.2, 0) is 16.0 Å². The first-order valence-electron chi connectivity index (χ1n) is 9.30. The quantitative estimate of drug-likeness (QED) is 0.773. The van der Waals surface area contributed by atoms with Crippen LogP contribution in [0.5, 0.6) is 0 Å². The van der Waals surface area contributed by atoms with Crippen molar-refractivity contribution in [3.63, 3.8) is 0 Å². The molecule has 3 aromatic rings. The summed E-state index contributed by atoms with van der Waals surface area (Å²) in [7, 11) is 0. The first kappa shape index (κ1) is 17.5. The van der Waals surface area contributed by atoms with Gasteiger partial charge in [-0.1, -0.05) is 18.2 Å². The second-order valence-corrected chi connectivity index (χ2v) is 7.10. The summed E-state index contributed by atoms with van der Waals surface area (Å²) in [5.74, 6) is -0.0692. The van der Waals surface area contributed by atoms with Gasteiger partial charge >= 0.3 is 0 Å². The van der Waals surface area contributed by atoms with Crippen LogP contribution in [0.3, 0.4) is 0 Å². The number of amides is 1. The van der Waals surface area contributed by atoms with Crippen molar-refractivity contribution in [2.24, 2.45) is 0 Å². The molecule has 2 atom stereocenters. The van der Waals surface area contributed by atoms with Gasteiger partial charge in [-0.25, -0.2) is 4.98 Å². The number of pyridine rings is 1. The highest BCUT2D eigenvalue weighted by molar-refractivity contribution is 5.95. The normalized spacial score (nSPS) is 20.0. The van der Waals surface area contributed by atoms with Crippen molar-refractivity contribution in [2.75, 3.05) is 23.3 Å². The average molecular weight is 364 g/mol. The molecule has 0 spiro atoms. The molecule has 0 radical (unpaired) electrons. The molecule has 0 aliphatic carbocycles. The van der Waals surface area contributed by atoms with Gasteiger partial charge in [-0.3, -0.25) is 4.79 Å². The Balaban J connectivity index is 1.49. The SMILES string of the molecule is C[C@@H]1CN(c2ccccc2NC(=O)Cc2cn3ccccc3n2)C[C@@H](C)O1. The van der Waals surface area contributed by atoms with E-state index in [2.05, 4.69) is 29.0 Å². The van der Waals surface area contributed by atoms with Crippen molar-refractivity contribution in [2.45, 2.75) is 32.5 Å². The minimum atomic E-state index is -0.0692. The van der Waals surface area contributed by atoms with Crippen LogP contribution in [0.15, 0.2) is 54.9 Å². The van der Waals surface area contributed by atoms with E-state index >= 15 is 0 Å². The van der Waals surface area contributed by atoms with Crippen LogP contribution < -0.4 is 10.2 Å². The smallest absolute Gasteiger partial charge is 0.230 e. The second kappa shape index (κ2) is 7.40. The number of carbonyl (C=O) groups is 1. The topological polar surface area (TPSA) is 58.9 Å². The molecule has 1 saturated heterocycles. The molecule has 27 heavy (non-hydrogen) atoms. The fourth-order valence-corrected chi connectivity index (χ4v) is 3.66. The fraction of sp³-hybridized carbons (Fsp3) is 0.333. The molecule has 2 aromatic heterocycles. The van der Waals surface area contributed by atoms with E-state index in [0.29, 0.717) is 0 Å². The number of morpholine rings is 1. The highest BCUT2D eigenvalue weighted by Gasteiger charge is 2.24. The number of rotatable bonds is 4. The number of anilines is 2. The Kier molecular flexibility index (Phi) is 4.81. The number of para-hydroxylation sites is 2. The van der Waals surface area contributed by atoms with Gasteiger partial charge in [0.15, 0.2) is 0 Å². The van der Waals surface area contributed by atoms with Gasteiger partial charge in [-0.15, -0.1) is 0 Å². The van der Waals surface area contributed by atoms with E-state index in [9.17, 15) is 4.79 Å². The lowest BCUT2D eigenvalue weighted by Gasteiger charge is -2.37. The van der Waals surface area contributed by atoms with Crippen LogP contribution in [0.4, 0.5) is 11.4 Å². The highest BCUT2D eigenvalue weighted by Crippen LogP contribution is 2.28. The Morgan fingerprint density at radius 2 is 1.89 bits per heavy atom. The molecule has 1 N–H and O–H groups in total. The minimum Gasteiger partial charge on any atom is -0.372 e. The third-order valence-electron chi connectivity index (χ3n) is 4.69. The third kappa shape index (κ3) is 3.95. The summed E-state index contributed by atoms with van der Waals surface area (Å²) in [5, 5.41) is 3.06. The first-order valence-corrected chi connectivity index (χ1v) is 9.30. The molecule has 4 rings (SSSR count). The predicted molar refractivity (Wildman–Crippen MR) is 106 cm³/mol. The van der Waals surface area contributed by atoms with Crippen molar-refractivity contribution >= 4 is 22.9 Å². The molecule has 6 heteroatoms. The van der Waals surface area contributed by atoms with Crippen molar-refractivity contribution in [1.29, 1.82) is 0 Å². The molecule has 0 unspecified atom stereocenters. The molecule has 140 valence electrons. The van der Waals surface area contributed by atoms with E-state index in [1.54, 1.807) is 0 Å². The predicted octanol–water partition coefficient (Wildman–Crippen LogP) is 3.13. The van der Waals surface area contributed by atoms with Gasteiger partial charge in [-0.05, 0) is 38.1 Å². The molecule has 6 nitrogen and oxygen atoms in total. The summed E-state index contributed by atoms with van der Waals surface area (Å²) in [4.78, 5) is 19.4. The number of nitrogens with one attached hydrogen (secondary N) is 1. The third-order valence-corrected chi connectivity index (χ3v) is 4.69. The van der Waals surface area contributed by atoms with Crippen LogP contribution >= 0.6 is 0 Å². The zero-order valence-corrected chi connectivity index (χ0v) is 15.6. The molecule has 0 bridgehead atoms. The van der Waals surface area contributed by atoms with E-state index in [1.165, 1.54) is 0 Å². The van der Waals surface area contributed by atoms with Gasteiger partial charge in [0, 0.05) is 25.5 Å². The van der Waals surface area contributed by atoms with Crippen LogP contribution in [-0.4, -0.2) is 40.6 Å².